The van der Waals surface area contributed by atoms with Crippen molar-refractivity contribution in [3.63, 3.8) is 0 Å². The molecule has 0 aliphatic carbocycles. The van der Waals surface area contributed by atoms with Crippen LogP contribution in [0.1, 0.15) is 30.0 Å². The van der Waals surface area contributed by atoms with Crippen molar-refractivity contribution in [1.82, 2.24) is 5.32 Å². The minimum Gasteiger partial charge on any atom is -0.497 e. The van der Waals surface area contributed by atoms with Crippen molar-refractivity contribution in [2.24, 2.45) is 0 Å². The van der Waals surface area contributed by atoms with Crippen LogP contribution < -0.4 is 10.1 Å². The monoisotopic (exact) mass is 341 g/mol. The summed E-state index contributed by atoms with van der Waals surface area (Å²) >= 11 is 0. The van der Waals surface area contributed by atoms with Crippen LogP contribution in [0, 0.1) is 6.92 Å². The van der Waals surface area contributed by atoms with Gasteiger partial charge in [-0.2, -0.15) is 0 Å². The van der Waals surface area contributed by atoms with Crippen LogP contribution in [-0.4, -0.2) is 24.1 Å². The van der Waals surface area contributed by atoms with Crippen molar-refractivity contribution in [1.29, 1.82) is 0 Å². The summed E-state index contributed by atoms with van der Waals surface area (Å²) in [5.41, 5.74) is 1.61. The molecule has 0 bridgehead atoms. The van der Waals surface area contributed by atoms with Gasteiger partial charge in [-0.15, -0.1) is 0 Å². The van der Waals surface area contributed by atoms with E-state index in [1.54, 1.807) is 38.3 Å². The third kappa shape index (κ3) is 4.83. The molecule has 2 aromatic carbocycles. The zero-order valence-electron chi connectivity index (χ0n) is 14.7. The number of rotatable bonds is 7. The Morgan fingerprint density at radius 3 is 2.52 bits per heavy atom. The minimum absolute atomic E-state index is 0.200. The average Bonchev–Trinajstić information content (AvgIpc) is 2.56. The molecule has 0 aromatic heterocycles. The SMILES string of the molecule is COc1cccc(C(C)(CC(=O)O)NC(=O)Cc2ccccc2C)c1. The van der Waals surface area contributed by atoms with E-state index in [2.05, 4.69) is 5.32 Å². The molecule has 0 saturated heterocycles. The number of methoxy groups -OCH3 is 1. The first-order valence-electron chi connectivity index (χ1n) is 8.06. The van der Waals surface area contributed by atoms with Crippen LogP contribution in [-0.2, 0) is 21.5 Å². The summed E-state index contributed by atoms with van der Waals surface area (Å²) in [5, 5.41) is 12.2. The number of carbonyl (C=O) groups is 2. The molecule has 0 spiro atoms. The second-order valence-corrected chi connectivity index (χ2v) is 6.29. The number of hydrogen-bond acceptors (Lipinski definition) is 3. The van der Waals surface area contributed by atoms with Gasteiger partial charge in [0.2, 0.25) is 5.91 Å². The highest BCUT2D eigenvalue weighted by molar-refractivity contribution is 5.81. The molecular weight excluding hydrogens is 318 g/mol. The summed E-state index contributed by atoms with van der Waals surface area (Å²) < 4.78 is 5.21. The van der Waals surface area contributed by atoms with Crippen LogP contribution in [0.3, 0.4) is 0 Å². The molecule has 1 atom stereocenters. The highest BCUT2D eigenvalue weighted by Gasteiger charge is 2.32. The molecule has 0 aliphatic heterocycles. The Labute approximate surface area is 147 Å². The molecule has 0 saturated carbocycles. The number of aryl methyl sites for hydroxylation is 1. The number of aliphatic carboxylic acids is 1. The molecule has 2 aromatic rings. The fraction of sp³-hybridized carbons (Fsp3) is 0.300. The van der Waals surface area contributed by atoms with Gasteiger partial charge in [0, 0.05) is 0 Å². The number of benzene rings is 2. The summed E-state index contributed by atoms with van der Waals surface area (Å²) in [4.78, 5) is 23.9. The van der Waals surface area contributed by atoms with Crippen LogP contribution in [0.25, 0.3) is 0 Å². The smallest absolute Gasteiger partial charge is 0.306 e. The predicted molar refractivity (Wildman–Crippen MR) is 95.6 cm³/mol. The van der Waals surface area contributed by atoms with E-state index in [1.165, 1.54) is 0 Å². The van der Waals surface area contributed by atoms with E-state index in [0.29, 0.717) is 11.3 Å². The largest absolute Gasteiger partial charge is 0.497 e. The van der Waals surface area contributed by atoms with Gasteiger partial charge in [0.1, 0.15) is 5.75 Å². The van der Waals surface area contributed by atoms with E-state index in [4.69, 9.17) is 4.74 Å². The first kappa shape index (κ1) is 18.5. The fourth-order valence-electron chi connectivity index (χ4n) is 2.82. The summed E-state index contributed by atoms with van der Waals surface area (Å²) in [6.07, 6.45) is -0.0223. The van der Waals surface area contributed by atoms with Gasteiger partial charge >= 0.3 is 5.97 Å². The zero-order valence-corrected chi connectivity index (χ0v) is 14.7. The van der Waals surface area contributed by atoms with Crippen LogP contribution in [0.2, 0.25) is 0 Å². The summed E-state index contributed by atoms with van der Waals surface area (Å²) in [5.74, 6) is -0.593. The van der Waals surface area contributed by atoms with Crippen molar-refractivity contribution < 1.29 is 19.4 Å². The molecule has 0 heterocycles. The Morgan fingerprint density at radius 1 is 1.16 bits per heavy atom. The van der Waals surface area contributed by atoms with Crippen LogP contribution in [0.5, 0.6) is 5.75 Å². The molecule has 5 nitrogen and oxygen atoms in total. The number of nitrogens with one attached hydrogen (secondary N) is 1. The molecule has 0 radical (unpaired) electrons. The average molecular weight is 341 g/mol. The third-order valence-corrected chi connectivity index (χ3v) is 4.24. The molecule has 1 amide bonds. The second-order valence-electron chi connectivity index (χ2n) is 6.29. The topological polar surface area (TPSA) is 75.6 Å². The van der Waals surface area contributed by atoms with Crippen molar-refractivity contribution in [3.8, 4) is 5.75 Å². The Morgan fingerprint density at radius 2 is 1.88 bits per heavy atom. The number of ether oxygens (including phenoxy) is 1. The normalized spacial score (nSPS) is 12.9. The first-order chi connectivity index (χ1) is 11.8. The molecule has 25 heavy (non-hydrogen) atoms. The lowest BCUT2D eigenvalue weighted by Gasteiger charge is -2.30. The maximum absolute atomic E-state index is 12.6. The molecule has 0 aliphatic rings. The van der Waals surface area contributed by atoms with Crippen molar-refractivity contribution in [3.05, 3.63) is 65.2 Å². The van der Waals surface area contributed by atoms with Crippen LogP contribution >= 0.6 is 0 Å². The van der Waals surface area contributed by atoms with Crippen LogP contribution in [0.15, 0.2) is 48.5 Å². The molecule has 2 rings (SSSR count). The minimum atomic E-state index is -1.03. The van der Waals surface area contributed by atoms with Gasteiger partial charge in [0.25, 0.3) is 0 Å². The Hall–Kier alpha value is -2.82. The zero-order chi connectivity index (χ0) is 18.4. The highest BCUT2D eigenvalue weighted by atomic mass is 16.5. The van der Waals surface area contributed by atoms with Crippen molar-refractivity contribution in [2.75, 3.05) is 7.11 Å². The van der Waals surface area contributed by atoms with Crippen molar-refractivity contribution >= 4 is 11.9 Å². The maximum atomic E-state index is 12.6. The van der Waals surface area contributed by atoms with Gasteiger partial charge in [0.05, 0.1) is 25.5 Å². The summed E-state index contributed by atoms with van der Waals surface area (Å²) in [6, 6.07) is 14.7. The lowest BCUT2D eigenvalue weighted by atomic mass is 9.88. The molecule has 1 unspecified atom stereocenters. The van der Waals surface area contributed by atoms with Gasteiger partial charge in [0.15, 0.2) is 0 Å². The third-order valence-electron chi connectivity index (χ3n) is 4.24. The molecule has 5 heteroatoms. The van der Waals surface area contributed by atoms with Gasteiger partial charge in [-0.1, -0.05) is 36.4 Å². The number of carboxylic acid groups (broad SMARTS) is 1. The first-order valence-corrected chi connectivity index (χ1v) is 8.06. The summed E-state index contributed by atoms with van der Waals surface area (Å²) in [7, 11) is 1.55. The van der Waals surface area contributed by atoms with Crippen LogP contribution in [0.4, 0.5) is 0 Å². The van der Waals surface area contributed by atoms with Gasteiger partial charge < -0.3 is 15.2 Å². The fourth-order valence-corrected chi connectivity index (χ4v) is 2.82. The number of hydrogen-bond donors (Lipinski definition) is 2. The van der Waals surface area contributed by atoms with Gasteiger partial charge in [-0.25, -0.2) is 0 Å². The van der Waals surface area contributed by atoms with E-state index < -0.39 is 11.5 Å². The second kappa shape index (κ2) is 7.83. The maximum Gasteiger partial charge on any atom is 0.306 e. The lowest BCUT2D eigenvalue weighted by Crippen LogP contribution is -2.45. The lowest BCUT2D eigenvalue weighted by molar-refractivity contribution is -0.139. The predicted octanol–water partition coefficient (Wildman–Crippen LogP) is 3.05. The van der Waals surface area contributed by atoms with Gasteiger partial charge in [-0.3, -0.25) is 9.59 Å². The van der Waals surface area contributed by atoms with E-state index >= 15 is 0 Å². The molecular formula is C20H23NO4. The quantitative estimate of drug-likeness (QED) is 0.811. The number of carboxylic acids is 1. The molecule has 0 fully saturated rings. The number of amides is 1. The Balaban J connectivity index is 2.26. The highest BCUT2D eigenvalue weighted by Crippen LogP contribution is 2.28. The molecule has 2 N–H and O–H groups in total. The van der Waals surface area contributed by atoms with E-state index in [0.717, 1.165) is 11.1 Å². The number of carbonyl (C=O) groups excluding carboxylic acids is 1. The Kier molecular flexibility index (Phi) is 5.80. The molecule has 132 valence electrons. The van der Waals surface area contributed by atoms with E-state index in [-0.39, 0.29) is 18.7 Å². The van der Waals surface area contributed by atoms with E-state index in [1.807, 2.05) is 31.2 Å². The standard InChI is InChI=1S/C20H23NO4/c1-14-7-4-5-8-15(14)11-18(22)21-20(2,13-19(23)24)16-9-6-10-17(12-16)25-3/h4-10,12H,11,13H2,1-3H3,(H,21,22)(H,23,24). The Bertz CT molecular complexity index is 772. The van der Waals surface area contributed by atoms with Crippen molar-refractivity contribution in [2.45, 2.75) is 32.2 Å². The van der Waals surface area contributed by atoms with E-state index in [9.17, 15) is 14.7 Å². The van der Waals surface area contributed by atoms with Gasteiger partial charge in [-0.05, 0) is 42.7 Å². The summed E-state index contributed by atoms with van der Waals surface area (Å²) in [6.45, 7) is 3.66.